The summed E-state index contributed by atoms with van der Waals surface area (Å²) in [6.45, 7) is 5.67. The Morgan fingerprint density at radius 3 is 2.63 bits per heavy atom. The SMILES string of the molecule is Cc1nc(SCC(=O)c2cc3c(ccc4ccccc43)oc2=O)c(C#N)c(C)c1C. The second kappa shape index (κ2) is 7.77. The number of ketones is 1. The molecule has 0 bridgehead atoms. The molecule has 148 valence electrons. The number of Topliss-reactive ketones (excluding diaryl/α,β-unsaturated/α-hetero) is 1. The number of benzene rings is 2. The summed E-state index contributed by atoms with van der Waals surface area (Å²) in [6.07, 6.45) is 0. The van der Waals surface area contributed by atoms with Crippen LogP contribution < -0.4 is 5.63 Å². The molecule has 0 unspecified atom stereocenters. The summed E-state index contributed by atoms with van der Waals surface area (Å²) in [4.78, 5) is 29.8. The van der Waals surface area contributed by atoms with Crippen LogP contribution in [0.5, 0.6) is 0 Å². The van der Waals surface area contributed by atoms with Gasteiger partial charge in [-0.3, -0.25) is 4.79 Å². The molecule has 30 heavy (non-hydrogen) atoms. The van der Waals surface area contributed by atoms with Gasteiger partial charge < -0.3 is 4.42 Å². The van der Waals surface area contributed by atoms with Crippen molar-refractivity contribution in [2.75, 3.05) is 5.75 Å². The number of fused-ring (bicyclic) bond motifs is 3. The largest absolute Gasteiger partial charge is 0.422 e. The highest BCUT2D eigenvalue weighted by Gasteiger charge is 2.18. The number of carbonyl (C=O) groups is 1. The number of nitrogens with zero attached hydrogens (tertiary/aromatic N) is 2. The van der Waals surface area contributed by atoms with Crippen LogP contribution in [0.15, 0.2) is 56.7 Å². The van der Waals surface area contributed by atoms with Gasteiger partial charge in [0.1, 0.15) is 22.2 Å². The summed E-state index contributed by atoms with van der Waals surface area (Å²) >= 11 is 1.17. The fourth-order valence-electron chi connectivity index (χ4n) is 3.43. The first-order valence-corrected chi connectivity index (χ1v) is 10.4. The normalized spacial score (nSPS) is 11.0. The highest BCUT2D eigenvalue weighted by Crippen LogP contribution is 2.28. The summed E-state index contributed by atoms with van der Waals surface area (Å²) in [5, 5.41) is 12.6. The predicted molar refractivity (Wildman–Crippen MR) is 118 cm³/mol. The molecule has 4 aromatic rings. The molecule has 0 amide bonds. The van der Waals surface area contributed by atoms with Crippen molar-refractivity contribution >= 4 is 39.3 Å². The van der Waals surface area contributed by atoms with Gasteiger partial charge in [-0.2, -0.15) is 5.26 Å². The second-order valence-corrected chi connectivity index (χ2v) is 8.06. The van der Waals surface area contributed by atoms with Crippen molar-refractivity contribution in [1.82, 2.24) is 4.98 Å². The minimum atomic E-state index is -0.659. The number of nitriles is 1. The maximum Gasteiger partial charge on any atom is 0.347 e. The van der Waals surface area contributed by atoms with Crippen LogP contribution in [0.4, 0.5) is 0 Å². The van der Waals surface area contributed by atoms with Crippen molar-refractivity contribution in [3.63, 3.8) is 0 Å². The fraction of sp³-hybridized carbons (Fsp3) is 0.167. The molecule has 0 spiro atoms. The number of aryl methyl sites for hydroxylation is 1. The van der Waals surface area contributed by atoms with E-state index in [0.717, 1.165) is 33.0 Å². The lowest BCUT2D eigenvalue weighted by atomic mass is 10.0. The molecule has 0 fully saturated rings. The summed E-state index contributed by atoms with van der Waals surface area (Å²) in [7, 11) is 0. The summed E-state index contributed by atoms with van der Waals surface area (Å²) in [6, 6.07) is 15.1. The Morgan fingerprint density at radius 1 is 1.10 bits per heavy atom. The molecule has 0 aliphatic carbocycles. The third kappa shape index (κ3) is 3.38. The van der Waals surface area contributed by atoms with Crippen LogP contribution in [0.2, 0.25) is 0 Å². The Bertz CT molecular complexity index is 1430. The Labute approximate surface area is 177 Å². The van der Waals surface area contributed by atoms with Gasteiger partial charge in [0.2, 0.25) is 0 Å². The fourth-order valence-corrected chi connectivity index (χ4v) is 4.39. The monoisotopic (exact) mass is 414 g/mol. The van der Waals surface area contributed by atoms with E-state index in [9.17, 15) is 14.9 Å². The molecule has 2 heterocycles. The van der Waals surface area contributed by atoms with Crippen LogP contribution in [0.1, 0.15) is 32.7 Å². The lowest BCUT2D eigenvalue weighted by molar-refractivity contribution is 0.101. The van der Waals surface area contributed by atoms with Gasteiger partial charge in [-0.15, -0.1) is 0 Å². The molecule has 0 saturated heterocycles. The average molecular weight is 414 g/mol. The van der Waals surface area contributed by atoms with Gasteiger partial charge in [-0.1, -0.05) is 42.1 Å². The van der Waals surface area contributed by atoms with Gasteiger partial charge in [0, 0.05) is 11.1 Å². The molecule has 0 saturated carbocycles. The molecule has 6 heteroatoms. The minimum Gasteiger partial charge on any atom is -0.422 e. The van der Waals surface area contributed by atoms with Crippen molar-refractivity contribution in [3.05, 3.63) is 80.8 Å². The van der Waals surface area contributed by atoms with E-state index in [2.05, 4.69) is 11.1 Å². The van der Waals surface area contributed by atoms with Gasteiger partial charge >= 0.3 is 5.63 Å². The summed E-state index contributed by atoms with van der Waals surface area (Å²) in [5.41, 5.74) is 2.89. The first-order valence-electron chi connectivity index (χ1n) is 9.40. The lowest BCUT2D eigenvalue weighted by Crippen LogP contribution is -2.16. The first-order chi connectivity index (χ1) is 14.4. The summed E-state index contributed by atoms with van der Waals surface area (Å²) in [5.74, 6) is -0.366. The highest BCUT2D eigenvalue weighted by atomic mass is 32.2. The van der Waals surface area contributed by atoms with Gasteiger partial charge in [0.25, 0.3) is 0 Å². The Balaban J connectivity index is 1.71. The van der Waals surface area contributed by atoms with Gasteiger partial charge in [-0.05, 0) is 54.8 Å². The minimum absolute atomic E-state index is 0.00502. The zero-order valence-electron chi connectivity index (χ0n) is 16.8. The highest BCUT2D eigenvalue weighted by molar-refractivity contribution is 8.00. The number of pyridine rings is 1. The van der Waals surface area contributed by atoms with Crippen molar-refractivity contribution in [2.24, 2.45) is 0 Å². The predicted octanol–water partition coefficient (Wildman–Crippen LogP) is 5.11. The van der Waals surface area contributed by atoms with Crippen LogP contribution in [-0.2, 0) is 0 Å². The van der Waals surface area contributed by atoms with Gasteiger partial charge in [0.05, 0.1) is 11.3 Å². The van der Waals surface area contributed by atoms with Gasteiger partial charge in [-0.25, -0.2) is 9.78 Å². The quantitative estimate of drug-likeness (QED) is 0.200. The number of thioether (sulfide) groups is 1. The van der Waals surface area contributed by atoms with E-state index < -0.39 is 5.63 Å². The zero-order chi connectivity index (χ0) is 21.4. The molecular formula is C24H18N2O3S. The van der Waals surface area contributed by atoms with Crippen molar-refractivity contribution in [1.29, 1.82) is 5.26 Å². The summed E-state index contributed by atoms with van der Waals surface area (Å²) < 4.78 is 5.42. The van der Waals surface area contributed by atoms with Crippen LogP contribution in [0.3, 0.4) is 0 Å². The number of hydrogen-bond acceptors (Lipinski definition) is 6. The Hall–Kier alpha value is -3.43. The standard InChI is InChI=1S/C24H18N2O3S/c1-13-14(2)20(11-25)23(26-15(13)3)30-12-21(27)19-10-18-17-7-5-4-6-16(17)8-9-22(18)29-24(19)28/h4-10H,12H2,1-3H3. The molecule has 0 radical (unpaired) electrons. The van der Waals surface area contributed by atoms with E-state index in [1.807, 2.05) is 51.1 Å². The van der Waals surface area contributed by atoms with E-state index in [4.69, 9.17) is 4.42 Å². The molecule has 0 aliphatic rings. The third-order valence-electron chi connectivity index (χ3n) is 5.36. The number of carbonyl (C=O) groups excluding carboxylic acids is 1. The van der Waals surface area contributed by atoms with Crippen molar-refractivity contribution in [2.45, 2.75) is 25.8 Å². The molecule has 0 atom stereocenters. The van der Waals surface area contributed by atoms with Gasteiger partial charge in [0.15, 0.2) is 5.78 Å². The molecule has 2 aromatic carbocycles. The van der Waals surface area contributed by atoms with E-state index >= 15 is 0 Å². The maximum atomic E-state index is 12.9. The number of hydrogen-bond donors (Lipinski definition) is 0. The lowest BCUT2D eigenvalue weighted by Gasteiger charge is -2.10. The second-order valence-electron chi connectivity index (χ2n) is 7.10. The molecule has 2 aromatic heterocycles. The van der Waals surface area contributed by atoms with Crippen molar-refractivity contribution in [3.8, 4) is 6.07 Å². The van der Waals surface area contributed by atoms with Crippen LogP contribution in [-0.4, -0.2) is 16.5 Å². The Morgan fingerprint density at radius 2 is 1.87 bits per heavy atom. The average Bonchev–Trinajstić information content (AvgIpc) is 2.75. The molecular weight excluding hydrogens is 396 g/mol. The maximum absolute atomic E-state index is 12.9. The molecule has 4 rings (SSSR count). The topological polar surface area (TPSA) is 84.0 Å². The van der Waals surface area contributed by atoms with Crippen LogP contribution in [0.25, 0.3) is 21.7 Å². The van der Waals surface area contributed by atoms with E-state index in [1.54, 1.807) is 12.1 Å². The first kappa shape index (κ1) is 19.9. The van der Waals surface area contributed by atoms with Crippen LogP contribution in [0, 0.1) is 32.1 Å². The van der Waals surface area contributed by atoms with Crippen molar-refractivity contribution < 1.29 is 9.21 Å². The Kier molecular flexibility index (Phi) is 5.15. The molecule has 0 N–H and O–H groups in total. The van der Waals surface area contributed by atoms with E-state index in [0.29, 0.717) is 16.2 Å². The van der Waals surface area contributed by atoms with E-state index in [-0.39, 0.29) is 17.1 Å². The number of aromatic nitrogens is 1. The number of rotatable bonds is 4. The third-order valence-corrected chi connectivity index (χ3v) is 6.33. The van der Waals surface area contributed by atoms with Crippen LogP contribution >= 0.6 is 11.8 Å². The molecule has 5 nitrogen and oxygen atoms in total. The van der Waals surface area contributed by atoms with E-state index in [1.165, 1.54) is 11.8 Å². The molecule has 0 aliphatic heterocycles. The smallest absolute Gasteiger partial charge is 0.347 e. The zero-order valence-corrected chi connectivity index (χ0v) is 17.6.